The van der Waals surface area contributed by atoms with Crippen molar-refractivity contribution in [2.45, 2.75) is 12.5 Å². The van der Waals surface area contributed by atoms with E-state index >= 15 is 0 Å². The van der Waals surface area contributed by atoms with Crippen LogP contribution in [0.3, 0.4) is 0 Å². The van der Waals surface area contributed by atoms with Gasteiger partial charge in [0.25, 0.3) is 0 Å². The molecule has 2 heterocycles. The molecule has 0 saturated carbocycles. The molecular weight excluding hydrogens is 354 g/mol. The average Bonchev–Trinajstić information content (AvgIpc) is 3.05. The summed E-state index contributed by atoms with van der Waals surface area (Å²) in [5, 5.41) is 9.66. The molecule has 0 spiro atoms. The van der Waals surface area contributed by atoms with Gasteiger partial charge >= 0.3 is 0 Å². The molecule has 1 aliphatic rings. The number of halogens is 2. The van der Waals surface area contributed by atoms with Gasteiger partial charge in [-0.2, -0.15) is 5.10 Å². The van der Waals surface area contributed by atoms with Crippen molar-refractivity contribution >= 4 is 23.3 Å². The van der Waals surface area contributed by atoms with E-state index in [0.29, 0.717) is 22.8 Å². The first kappa shape index (κ1) is 16.9. The summed E-state index contributed by atoms with van der Waals surface area (Å²) in [4.78, 5) is 24.6. The first-order chi connectivity index (χ1) is 13.0. The summed E-state index contributed by atoms with van der Waals surface area (Å²) in [5.41, 5.74) is 1.44. The van der Waals surface area contributed by atoms with E-state index in [1.54, 1.807) is 24.3 Å². The predicted molar refractivity (Wildman–Crippen MR) is 94.9 cm³/mol. The molecule has 136 valence electrons. The van der Waals surface area contributed by atoms with E-state index < -0.39 is 17.8 Å². The minimum atomic E-state index is -0.883. The summed E-state index contributed by atoms with van der Waals surface area (Å²) in [6.07, 6.45) is -0.0985. The second-order valence-electron chi connectivity index (χ2n) is 6.13. The van der Waals surface area contributed by atoms with Crippen LogP contribution >= 0.6 is 0 Å². The molecule has 0 radical (unpaired) electrons. The molecule has 1 aliphatic heterocycles. The zero-order chi connectivity index (χ0) is 19.0. The van der Waals surface area contributed by atoms with Crippen LogP contribution in [0.4, 0.5) is 20.3 Å². The van der Waals surface area contributed by atoms with Crippen LogP contribution in [-0.4, -0.2) is 21.6 Å². The lowest BCUT2D eigenvalue weighted by atomic mass is 10.1. The summed E-state index contributed by atoms with van der Waals surface area (Å²) in [7, 11) is 0. The Bertz CT molecular complexity index is 1030. The SMILES string of the molecule is O=C1CC(C(=O)Nc2cccc(F)c2)n2nc(-c3ccc(F)cc3)cc2N1. The van der Waals surface area contributed by atoms with Crippen molar-refractivity contribution in [1.82, 2.24) is 9.78 Å². The average molecular weight is 368 g/mol. The number of rotatable bonds is 3. The molecule has 0 bridgehead atoms. The smallest absolute Gasteiger partial charge is 0.249 e. The molecule has 0 aliphatic carbocycles. The Balaban J connectivity index is 1.64. The first-order valence-electron chi connectivity index (χ1n) is 8.21. The number of hydrogen-bond acceptors (Lipinski definition) is 3. The minimum absolute atomic E-state index is 0.0985. The second kappa shape index (κ2) is 6.64. The minimum Gasteiger partial charge on any atom is -0.324 e. The van der Waals surface area contributed by atoms with Gasteiger partial charge in [-0.05, 0) is 42.5 Å². The zero-order valence-electron chi connectivity index (χ0n) is 13.9. The molecule has 1 unspecified atom stereocenters. The summed E-state index contributed by atoms with van der Waals surface area (Å²) >= 11 is 0. The highest BCUT2D eigenvalue weighted by molar-refractivity contribution is 6.01. The normalized spacial score (nSPS) is 15.8. The third-order valence-electron chi connectivity index (χ3n) is 4.21. The van der Waals surface area contributed by atoms with E-state index in [1.807, 2.05) is 0 Å². The van der Waals surface area contributed by atoms with Gasteiger partial charge < -0.3 is 10.6 Å². The van der Waals surface area contributed by atoms with Crippen LogP contribution in [0.15, 0.2) is 54.6 Å². The Morgan fingerprint density at radius 1 is 1.11 bits per heavy atom. The highest BCUT2D eigenvalue weighted by Crippen LogP contribution is 2.30. The number of amides is 2. The number of nitrogens with one attached hydrogen (secondary N) is 2. The third kappa shape index (κ3) is 3.41. The van der Waals surface area contributed by atoms with Gasteiger partial charge in [0.15, 0.2) is 0 Å². The van der Waals surface area contributed by atoms with Crippen molar-refractivity contribution in [2.75, 3.05) is 10.6 Å². The van der Waals surface area contributed by atoms with Gasteiger partial charge in [-0.25, -0.2) is 13.5 Å². The second-order valence-corrected chi connectivity index (χ2v) is 6.13. The van der Waals surface area contributed by atoms with Crippen LogP contribution in [0.5, 0.6) is 0 Å². The highest BCUT2D eigenvalue weighted by Gasteiger charge is 2.32. The summed E-state index contributed by atoms with van der Waals surface area (Å²) in [6.45, 7) is 0. The molecule has 8 heteroatoms. The number of benzene rings is 2. The first-order valence-corrected chi connectivity index (χ1v) is 8.21. The Labute approximate surface area is 152 Å². The fourth-order valence-electron chi connectivity index (χ4n) is 2.94. The van der Waals surface area contributed by atoms with Gasteiger partial charge in [0.05, 0.1) is 12.1 Å². The van der Waals surface area contributed by atoms with Gasteiger partial charge in [-0.15, -0.1) is 0 Å². The summed E-state index contributed by atoms with van der Waals surface area (Å²) in [6, 6.07) is 12.0. The van der Waals surface area contributed by atoms with Gasteiger partial charge in [-0.1, -0.05) is 6.07 Å². The number of carbonyl (C=O) groups excluding carboxylic acids is 2. The van der Waals surface area contributed by atoms with Crippen LogP contribution in [-0.2, 0) is 9.59 Å². The standard InChI is InChI=1S/C19H14F2N4O2/c20-12-6-4-11(5-7-12)15-9-17-23-18(26)10-16(25(17)24-15)19(27)22-14-3-1-2-13(21)8-14/h1-9,16H,10H2,(H,22,27)(H,23,26). The Kier molecular flexibility index (Phi) is 4.15. The number of anilines is 2. The number of aromatic nitrogens is 2. The van der Waals surface area contributed by atoms with E-state index in [9.17, 15) is 18.4 Å². The number of nitrogens with zero attached hydrogens (tertiary/aromatic N) is 2. The molecule has 2 amide bonds. The fourth-order valence-corrected chi connectivity index (χ4v) is 2.94. The van der Waals surface area contributed by atoms with E-state index in [2.05, 4.69) is 15.7 Å². The quantitative estimate of drug-likeness (QED) is 0.744. The number of fused-ring (bicyclic) bond motifs is 1. The van der Waals surface area contributed by atoms with Gasteiger partial charge in [0, 0.05) is 17.3 Å². The molecule has 0 fully saturated rings. The molecule has 27 heavy (non-hydrogen) atoms. The van der Waals surface area contributed by atoms with Crippen LogP contribution in [0.2, 0.25) is 0 Å². The molecular formula is C19H14F2N4O2. The van der Waals surface area contributed by atoms with Crippen molar-refractivity contribution < 1.29 is 18.4 Å². The molecule has 4 rings (SSSR count). The lowest BCUT2D eigenvalue weighted by Crippen LogP contribution is -2.35. The van der Waals surface area contributed by atoms with Crippen molar-refractivity contribution in [2.24, 2.45) is 0 Å². The number of hydrogen-bond donors (Lipinski definition) is 2. The topological polar surface area (TPSA) is 76.0 Å². The van der Waals surface area contributed by atoms with Crippen LogP contribution in [0.1, 0.15) is 12.5 Å². The van der Waals surface area contributed by atoms with Crippen molar-refractivity contribution in [3.63, 3.8) is 0 Å². The Morgan fingerprint density at radius 3 is 2.63 bits per heavy atom. The Morgan fingerprint density at radius 2 is 1.89 bits per heavy atom. The Hall–Kier alpha value is -3.55. The molecule has 2 N–H and O–H groups in total. The number of carbonyl (C=O) groups is 2. The van der Waals surface area contributed by atoms with Crippen LogP contribution in [0, 0.1) is 11.6 Å². The van der Waals surface area contributed by atoms with E-state index in [1.165, 1.54) is 35.0 Å². The molecule has 1 aromatic heterocycles. The van der Waals surface area contributed by atoms with Gasteiger partial charge in [0.2, 0.25) is 11.8 Å². The summed E-state index contributed by atoms with van der Waals surface area (Å²) in [5.74, 6) is -1.29. The van der Waals surface area contributed by atoms with Crippen LogP contribution < -0.4 is 10.6 Å². The summed E-state index contributed by atoms with van der Waals surface area (Å²) < 4.78 is 27.9. The van der Waals surface area contributed by atoms with E-state index in [4.69, 9.17) is 0 Å². The lowest BCUT2D eigenvalue weighted by molar-refractivity contribution is -0.125. The fraction of sp³-hybridized carbons (Fsp3) is 0.105. The maximum Gasteiger partial charge on any atom is 0.249 e. The molecule has 1 atom stereocenters. The molecule has 2 aromatic carbocycles. The van der Waals surface area contributed by atoms with Gasteiger partial charge in [-0.3, -0.25) is 9.59 Å². The van der Waals surface area contributed by atoms with Crippen molar-refractivity contribution in [3.8, 4) is 11.3 Å². The molecule has 0 saturated heterocycles. The largest absolute Gasteiger partial charge is 0.324 e. The lowest BCUT2D eigenvalue weighted by Gasteiger charge is -2.23. The van der Waals surface area contributed by atoms with Crippen LogP contribution in [0.25, 0.3) is 11.3 Å². The third-order valence-corrected chi connectivity index (χ3v) is 4.21. The van der Waals surface area contributed by atoms with Crippen molar-refractivity contribution in [3.05, 3.63) is 66.2 Å². The van der Waals surface area contributed by atoms with Gasteiger partial charge in [0.1, 0.15) is 23.5 Å². The molecule has 3 aromatic rings. The molecule has 6 nitrogen and oxygen atoms in total. The van der Waals surface area contributed by atoms with E-state index in [-0.39, 0.29) is 18.1 Å². The zero-order valence-corrected chi connectivity index (χ0v) is 13.9. The van der Waals surface area contributed by atoms with E-state index in [0.717, 1.165) is 0 Å². The maximum atomic E-state index is 13.3. The maximum absolute atomic E-state index is 13.3. The monoisotopic (exact) mass is 368 g/mol. The predicted octanol–water partition coefficient (Wildman–Crippen LogP) is 3.35. The van der Waals surface area contributed by atoms with Crippen molar-refractivity contribution in [1.29, 1.82) is 0 Å². The highest BCUT2D eigenvalue weighted by atomic mass is 19.1.